The van der Waals surface area contributed by atoms with Gasteiger partial charge in [-0.2, -0.15) is 13.2 Å². The van der Waals surface area contributed by atoms with Gasteiger partial charge in [0.05, 0.1) is 12.7 Å². The highest BCUT2D eigenvalue weighted by molar-refractivity contribution is 7.18. The van der Waals surface area contributed by atoms with Crippen molar-refractivity contribution in [3.8, 4) is 16.3 Å². The number of rotatable bonds is 10. The van der Waals surface area contributed by atoms with Crippen LogP contribution in [0, 0.1) is 0 Å². The van der Waals surface area contributed by atoms with Gasteiger partial charge in [0, 0.05) is 30.6 Å². The fourth-order valence-electron chi connectivity index (χ4n) is 3.75. The molecule has 1 N–H and O–H groups in total. The van der Waals surface area contributed by atoms with Crippen LogP contribution in [-0.2, 0) is 17.4 Å². The molecule has 4 aromatic rings. The topological polar surface area (TPSA) is 84.4 Å². The fraction of sp³-hybridized carbons (Fsp3) is 0.214. The summed E-state index contributed by atoms with van der Waals surface area (Å²) in [6.07, 6.45) is -4.00. The van der Waals surface area contributed by atoms with Gasteiger partial charge in [0.15, 0.2) is 0 Å². The van der Waals surface area contributed by atoms with Crippen molar-refractivity contribution in [2.75, 3.05) is 25.5 Å². The lowest BCUT2D eigenvalue weighted by atomic mass is 10.1. The summed E-state index contributed by atoms with van der Waals surface area (Å²) in [6, 6.07) is 20.8. The third-order valence-electron chi connectivity index (χ3n) is 5.88. The Labute approximate surface area is 227 Å². The molecule has 0 bridgehead atoms. The second kappa shape index (κ2) is 12.5. The number of hydrogen-bond donors (Lipinski definition) is 1. The molecule has 0 aliphatic rings. The Morgan fingerprint density at radius 2 is 1.62 bits per heavy atom. The first-order chi connectivity index (χ1) is 18.7. The van der Waals surface area contributed by atoms with E-state index in [9.17, 15) is 22.8 Å². The van der Waals surface area contributed by atoms with Crippen LogP contribution in [0.2, 0.25) is 0 Å². The van der Waals surface area contributed by atoms with E-state index in [0.29, 0.717) is 22.3 Å². The largest absolute Gasteiger partial charge is 0.497 e. The van der Waals surface area contributed by atoms with Gasteiger partial charge in [0.2, 0.25) is 11.0 Å². The highest BCUT2D eigenvalue weighted by Crippen LogP contribution is 2.30. The summed E-state index contributed by atoms with van der Waals surface area (Å²) in [4.78, 5) is 27.3. The van der Waals surface area contributed by atoms with Crippen LogP contribution in [0.5, 0.6) is 5.75 Å². The first-order valence-corrected chi connectivity index (χ1v) is 12.8. The van der Waals surface area contributed by atoms with Gasteiger partial charge in [-0.3, -0.25) is 9.59 Å². The first-order valence-electron chi connectivity index (χ1n) is 12.0. The molecule has 1 heterocycles. The van der Waals surface area contributed by atoms with Crippen LogP contribution in [0.1, 0.15) is 27.9 Å². The number of alkyl halides is 3. The van der Waals surface area contributed by atoms with Gasteiger partial charge in [-0.15, -0.1) is 10.2 Å². The molecule has 0 saturated carbocycles. The first kappa shape index (κ1) is 27.8. The summed E-state index contributed by atoms with van der Waals surface area (Å²) >= 11 is 1.21. The molecule has 202 valence electrons. The summed E-state index contributed by atoms with van der Waals surface area (Å²) in [5.41, 5.74) is 1.10. The average Bonchev–Trinajstić information content (AvgIpc) is 3.41. The monoisotopic (exact) mass is 554 g/mol. The number of benzene rings is 3. The van der Waals surface area contributed by atoms with Crippen LogP contribution in [-0.4, -0.2) is 47.1 Å². The Bertz CT molecular complexity index is 1390. The Balaban J connectivity index is 1.40. The molecule has 7 nitrogen and oxygen atoms in total. The molecule has 0 radical (unpaired) electrons. The van der Waals surface area contributed by atoms with E-state index in [0.717, 1.165) is 35.4 Å². The molecule has 0 atom stereocenters. The van der Waals surface area contributed by atoms with Gasteiger partial charge < -0.3 is 15.0 Å². The van der Waals surface area contributed by atoms with Crippen LogP contribution < -0.4 is 10.1 Å². The summed E-state index contributed by atoms with van der Waals surface area (Å²) in [7, 11) is 1.58. The van der Waals surface area contributed by atoms with Gasteiger partial charge >= 0.3 is 6.18 Å². The number of nitrogens with one attached hydrogen (secondary N) is 1. The maximum atomic E-state index is 13.2. The lowest BCUT2D eigenvalue weighted by Gasteiger charge is -2.23. The molecule has 3 aromatic carbocycles. The number of amides is 2. The molecule has 39 heavy (non-hydrogen) atoms. The van der Waals surface area contributed by atoms with Crippen molar-refractivity contribution < 1.29 is 27.5 Å². The minimum absolute atomic E-state index is 0.0292. The Hall–Kier alpha value is -4.25. The molecular formula is C28H25F3N4O3S. The molecule has 0 unspecified atom stereocenters. The number of ether oxygens (including phenoxy) is 1. The van der Waals surface area contributed by atoms with E-state index in [2.05, 4.69) is 15.5 Å². The average molecular weight is 555 g/mol. The third kappa shape index (κ3) is 7.64. The molecule has 11 heteroatoms. The SMILES string of the molecule is COc1ccc(-c2nnc(NC(=O)CCN(CCc3ccccc3)C(=O)c3ccc(C(F)(F)F)cc3)s2)cc1. The summed E-state index contributed by atoms with van der Waals surface area (Å²) in [5, 5.41) is 11.8. The summed E-state index contributed by atoms with van der Waals surface area (Å²) in [5.74, 6) is -0.109. The van der Waals surface area contributed by atoms with E-state index in [4.69, 9.17) is 4.74 Å². The Morgan fingerprint density at radius 1 is 0.923 bits per heavy atom. The summed E-state index contributed by atoms with van der Waals surface area (Å²) < 4.78 is 44.0. The van der Waals surface area contributed by atoms with Crippen molar-refractivity contribution in [1.82, 2.24) is 15.1 Å². The molecule has 0 aliphatic carbocycles. The molecule has 1 aromatic heterocycles. The van der Waals surface area contributed by atoms with Crippen molar-refractivity contribution >= 4 is 28.3 Å². The predicted octanol–water partition coefficient (Wildman–Crippen LogP) is 5.95. The molecule has 0 spiro atoms. The zero-order valence-electron chi connectivity index (χ0n) is 20.9. The lowest BCUT2D eigenvalue weighted by Crippen LogP contribution is -2.35. The third-order valence-corrected chi connectivity index (χ3v) is 6.76. The number of anilines is 1. The van der Waals surface area contributed by atoms with Crippen molar-refractivity contribution in [3.05, 3.63) is 95.6 Å². The number of nitrogens with zero attached hydrogens (tertiary/aromatic N) is 3. The van der Waals surface area contributed by atoms with Crippen LogP contribution in [0.25, 0.3) is 10.6 Å². The normalized spacial score (nSPS) is 11.2. The maximum Gasteiger partial charge on any atom is 0.416 e. The van der Waals surface area contributed by atoms with Crippen molar-refractivity contribution in [1.29, 1.82) is 0 Å². The number of carbonyl (C=O) groups is 2. The predicted molar refractivity (Wildman–Crippen MR) is 143 cm³/mol. The molecule has 0 fully saturated rings. The molecular weight excluding hydrogens is 529 g/mol. The van der Waals surface area contributed by atoms with Crippen LogP contribution in [0.4, 0.5) is 18.3 Å². The van der Waals surface area contributed by atoms with Gasteiger partial charge in [-0.25, -0.2) is 0 Å². The molecule has 0 saturated heterocycles. The van der Waals surface area contributed by atoms with Crippen molar-refractivity contribution in [2.24, 2.45) is 0 Å². The Kier molecular flexibility index (Phi) is 8.92. The number of halogens is 3. The number of methoxy groups -OCH3 is 1. The van der Waals surface area contributed by atoms with E-state index >= 15 is 0 Å². The highest BCUT2D eigenvalue weighted by atomic mass is 32.1. The maximum absolute atomic E-state index is 13.2. The number of aromatic nitrogens is 2. The second-order valence-corrected chi connectivity index (χ2v) is 9.52. The van der Waals surface area contributed by atoms with E-state index in [1.54, 1.807) is 19.2 Å². The van der Waals surface area contributed by atoms with Crippen molar-refractivity contribution in [2.45, 2.75) is 19.0 Å². The zero-order valence-corrected chi connectivity index (χ0v) is 21.8. The summed E-state index contributed by atoms with van der Waals surface area (Å²) in [6.45, 7) is 0.361. The minimum atomic E-state index is -4.50. The van der Waals surface area contributed by atoms with Crippen LogP contribution in [0.15, 0.2) is 78.9 Å². The standard InChI is InChI=1S/C28H25F3N4O3S/c1-38-23-13-9-20(10-14-23)25-33-34-27(39-25)32-24(36)16-18-35(17-15-19-5-3-2-4-6-19)26(37)21-7-11-22(12-8-21)28(29,30)31/h2-14H,15-18H2,1H3,(H,32,34,36). The van der Waals surface area contributed by atoms with E-state index < -0.39 is 17.6 Å². The van der Waals surface area contributed by atoms with Gasteiger partial charge in [-0.05, 0) is 60.5 Å². The highest BCUT2D eigenvalue weighted by Gasteiger charge is 2.30. The number of hydrogen-bond acceptors (Lipinski definition) is 6. The quantitative estimate of drug-likeness (QED) is 0.262. The van der Waals surface area contributed by atoms with Crippen LogP contribution >= 0.6 is 11.3 Å². The smallest absolute Gasteiger partial charge is 0.416 e. The van der Waals surface area contributed by atoms with Crippen LogP contribution in [0.3, 0.4) is 0 Å². The van der Waals surface area contributed by atoms with Gasteiger partial charge in [0.1, 0.15) is 10.8 Å². The molecule has 2 amide bonds. The lowest BCUT2D eigenvalue weighted by molar-refractivity contribution is -0.137. The second-order valence-electron chi connectivity index (χ2n) is 8.54. The van der Waals surface area contributed by atoms with E-state index in [-0.39, 0.29) is 31.0 Å². The van der Waals surface area contributed by atoms with Gasteiger partial charge in [-0.1, -0.05) is 41.7 Å². The number of carbonyl (C=O) groups excluding carboxylic acids is 2. The molecule has 0 aliphatic heterocycles. The Morgan fingerprint density at radius 3 is 2.26 bits per heavy atom. The minimum Gasteiger partial charge on any atom is -0.497 e. The fourth-order valence-corrected chi connectivity index (χ4v) is 4.52. The van der Waals surface area contributed by atoms with Crippen molar-refractivity contribution in [3.63, 3.8) is 0 Å². The van der Waals surface area contributed by atoms with Gasteiger partial charge in [0.25, 0.3) is 5.91 Å². The molecule has 4 rings (SSSR count). The zero-order chi connectivity index (χ0) is 27.8. The van der Waals surface area contributed by atoms with E-state index in [1.807, 2.05) is 42.5 Å². The van der Waals surface area contributed by atoms with E-state index in [1.165, 1.54) is 16.2 Å².